The lowest BCUT2D eigenvalue weighted by Gasteiger charge is -2.42. The molecule has 0 aliphatic carbocycles. The van der Waals surface area contributed by atoms with Gasteiger partial charge in [-0.1, -0.05) is 12.2 Å². The summed E-state index contributed by atoms with van der Waals surface area (Å²) in [6, 6.07) is 0. The minimum Gasteiger partial charge on any atom is -0.394 e. The van der Waals surface area contributed by atoms with Crippen LogP contribution in [-0.2, 0) is 18.9 Å². The van der Waals surface area contributed by atoms with E-state index in [1.807, 2.05) is 6.92 Å². The van der Waals surface area contributed by atoms with Gasteiger partial charge in [-0.3, -0.25) is 0 Å². The Bertz CT molecular complexity index is 558. The molecule has 2 spiro atoms. The molecule has 0 saturated carbocycles. The molecule has 0 bridgehead atoms. The summed E-state index contributed by atoms with van der Waals surface area (Å²) in [5.74, 6) is 0. The van der Waals surface area contributed by atoms with Gasteiger partial charge in [-0.2, -0.15) is 0 Å². The van der Waals surface area contributed by atoms with Crippen LogP contribution in [-0.4, -0.2) is 94.2 Å². The molecule has 27 heavy (non-hydrogen) atoms. The van der Waals surface area contributed by atoms with Crippen molar-refractivity contribution in [3.05, 3.63) is 25.3 Å². The number of epoxide rings is 2. The van der Waals surface area contributed by atoms with Gasteiger partial charge in [0.25, 0.3) is 0 Å². The maximum Gasteiger partial charge on any atom is 0.123 e. The summed E-state index contributed by atoms with van der Waals surface area (Å²) >= 11 is 0. The zero-order chi connectivity index (χ0) is 19.9. The van der Waals surface area contributed by atoms with Gasteiger partial charge in [0.2, 0.25) is 0 Å². The molecule has 4 heterocycles. The van der Waals surface area contributed by atoms with E-state index in [4.69, 9.17) is 24.1 Å². The zero-order valence-corrected chi connectivity index (χ0v) is 15.6. The third kappa shape index (κ3) is 3.99. The molecule has 0 aromatic carbocycles. The van der Waals surface area contributed by atoms with Crippen LogP contribution in [0.5, 0.6) is 0 Å². The summed E-state index contributed by atoms with van der Waals surface area (Å²) in [5.41, 5.74) is -1.60. The number of hydrogen-bond acceptors (Lipinski definition) is 8. The van der Waals surface area contributed by atoms with Crippen LogP contribution in [0.1, 0.15) is 19.8 Å². The Hall–Kier alpha value is -0.840. The predicted molar refractivity (Wildman–Crippen MR) is 95.1 cm³/mol. The summed E-state index contributed by atoms with van der Waals surface area (Å²) in [7, 11) is 0. The van der Waals surface area contributed by atoms with Crippen LogP contribution in [0.25, 0.3) is 0 Å². The van der Waals surface area contributed by atoms with Crippen molar-refractivity contribution in [2.24, 2.45) is 0 Å². The first-order valence-corrected chi connectivity index (χ1v) is 9.21. The standard InChI is InChI=1S/C10H16O4.C9H14O4/c1-3-7-8(12)10(6-13-10)4-9(2,5-11)14-7;1-2-7-8(11)9(5-12-9)3-6(4-10)13-7/h3,7-8,11-12H,1,4-6H2,2H3;2,6-8,10-11H,1,3-5H2. The van der Waals surface area contributed by atoms with Crippen molar-refractivity contribution in [1.29, 1.82) is 0 Å². The van der Waals surface area contributed by atoms with Crippen LogP contribution in [0, 0.1) is 0 Å². The second-order valence-electron chi connectivity index (χ2n) is 8.04. The van der Waals surface area contributed by atoms with Gasteiger partial charge in [0, 0.05) is 12.8 Å². The van der Waals surface area contributed by atoms with Gasteiger partial charge in [0.05, 0.1) is 38.1 Å². The lowest BCUT2D eigenvalue weighted by atomic mass is 9.83. The fourth-order valence-electron chi connectivity index (χ4n) is 3.93. The zero-order valence-electron chi connectivity index (χ0n) is 15.6. The highest BCUT2D eigenvalue weighted by Crippen LogP contribution is 2.46. The van der Waals surface area contributed by atoms with E-state index in [1.54, 1.807) is 12.2 Å². The first-order chi connectivity index (χ1) is 12.8. The number of rotatable bonds is 4. The van der Waals surface area contributed by atoms with E-state index in [2.05, 4.69) is 13.2 Å². The third-order valence-corrected chi connectivity index (χ3v) is 5.75. The van der Waals surface area contributed by atoms with Crippen molar-refractivity contribution in [3.63, 3.8) is 0 Å². The van der Waals surface area contributed by atoms with Gasteiger partial charge in [-0.05, 0) is 6.92 Å². The quantitative estimate of drug-likeness (QED) is 0.369. The smallest absolute Gasteiger partial charge is 0.123 e. The topological polar surface area (TPSA) is 124 Å². The average Bonchev–Trinajstić information content (AvgIpc) is 3.60. The van der Waals surface area contributed by atoms with Crippen molar-refractivity contribution in [2.75, 3.05) is 26.4 Å². The molecule has 4 saturated heterocycles. The molecule has 4 aliphatic rings. The molecule has 154 valence electrons. The Kier molecular flexibility index (Phi) is 5.82. The summed E-state index contributed by atoms with van der Waals surface area (Å²) < 4.78 is 21.5. The molecular formula is C19H30O8. The van der Waals surface area contributed by atoms with Crippen molar-refractivity contribution in [1.82, 2.24) is 0 Å². The van der Waals surface area contributed by atoms with E-state index in [0.29, 0.717) is 26.1 Å². The maximum absolute atomic E-state index is 9.88. The molecule has 4 fully saturated rings. The number of ether oxygens (including phenoxy) is 4. The average molecular weight is 386 g/mol. The Labute approximate surface area is 159 Å². The van der Waals surface area contributed by atoms with Gasteiger partial charge in [0.1, 0.15) is 35.6 Å². The Morgan fingerprint density at radius 3 is 2.00 bits per heavy atom. The number of aliphatic hydroxyl groups is 4. The lowest BCUT2D eigenvalue weighted by Crippen LogP contribution is -2.56. The summed E-state index contributed by atoms with van der Waals surface area (Å²) in [4.78, 5) is 0. The van der Waals surface area contributed by atoms with Crippen LogP contribution in [0.3, 0.4) is 0 Å². The molecule has 8 atom stereocenters. The predicted octanol–water partition coefficient (Wildman–Crippen LogP) is -0.706. The summed E-state index contributed by atoms with van der Waals surface area (Å²) in [6.07, 6.45) is 1.77. The van der Waals surface area contributed by atoms with Gasteiger partial charge in [-0.25, -0.2) is 0 Å². The Balaban J connectivity index is 0.000000156. The van der Waals surface area contributed by atoms with E-state index < -0.39 is 41.2 Å². The second-order valence-corrected chi connectivity index (χ2v) is 8.04. The van der Waals surface area contributed by atoms with Gasteiger partial charge in [-0.15, -0.1) is 13.2 Å². The SMILES string of the molecule is C=CC1OC(C)(CO)CC2(CO2)C1O.C=CC1OC(CO)CC2(CO2)C1O. The summed E-state index contributed by atoms with van der Waals surface area (Å²) in [5, 5.41) is 37.8. The fourth-order valence-corrected chi connectivity index (χ4v) is 3.93. The molecule has 4 aliphatic heterocycles. The lowest BCUT2D eigenvalue weighted by molar-refractivity contribution is -0.192. The fraction of sp³-hybridized carbons (Fsp3) is 0.789. The monoisotopic (exact) mass is 386 g/mol. The Morgan fingerprint density at radius 2 is 1.56 bits per heavy atom. The molecule has 0 aromatic heterocycles. The highest BCUT2D eigenvalue weighted by molar-refractivity contribution is 5.13. The van der Waals surface area contributed by atoms with Crippen molar-refractivity contribution >= 4 is 0 Å². The van der Waals surface area contributed by atoms with Crippen LogP contribution >= 0.6 is 0 Å². The number of aliphatic hydroxyl groups excluding tert-OH is 4. The number of hydrogen-bond donors (Lipinski definition) is 4. The normalized spacial score (nSPS) is 50.6. The molecule has 8 nitrogen and oxygen atoms in total. The molecule has 0 aromatic rings. The van der Waals surface area contributed by atoms with Crippen LogP contribution in [0.15, 0.2) is 25.3 Å². The van der Waals surface area contributed by atoms with E-state index in [0.717, 1.165) is 0 Å². The summed E-state index contributed by atoms with van der Waals surface area (Å²) in [6.45, 7) is 9.98. The molecule has 4 N–H and O–H groups in total. The largest absolute Gasteiger partial charge is 0.394 e. The third-order valence-electron chi connectivity index (χ3n) is 5.75. The van der Waals surface area contributed by atoms with Crippen molar-refractivity contribution < 1.29 is 39.4 Å². The highest BCUT2D eigenvalue weighted by atomic mass is 16.6. The van der Waals surface area contributed by atoms with E-state index in [1.165, 1.54) is 0 Å². The Morgan fingerprint density at radius 1 is 1.00 bits per heavy atom. The van der Waals surface area contributed by atoms with E-state index in [9.17, 15) is 15.3 Å². The van der Waals surface area contributed by atoms with Crippen LogP contribution in [0.4, 0.5) is 0 Å². The van der Waals surface area contributed by atoms with Gasteiger partial charge >= 0.3 is 0 Å². The molecule has 0 radical (unpaired) electrons. The maximum atomic E-state index is 9.88. The van der Waals surface area contributed by atoms with E-state index in [-0.39, 0.29) is 19.3 Å². The van der Waals surface area contributed by atoms with Gasteiger partial charge < -0.3 is 39.4 Å². The molecule has 8 heteroatoms. The minimum atomic E-state index is -0.667. The van der Waals surface area contributed by atoms with Crippen molar-refractivity contribution in [2.45, 2.75) is 67.1 Å². The molecule has 0 amide bonds. The van der Waals surface area contributed by atoms with Crippen LogP contribution in [0.2, 0.25) is 0 Å². The van der Waals surface area contributed by atoms with Crippen molar-refractivity contribution in [3.8, 4) is 0 Å². The second kappa shape index (κ2) is 7.53. The first kappa shape index (κ1) is 20.9. The minimum absolute atomic E-state index is 0.0395. The van der Waals surface area contributed by atoms with E-state index >= 15 is 0 Å². The molecule has 8 unspecified atom stereocenters. The highest BCUT2D eigenvalue weighted by Gasteiger charge is 2.61. The molecular weight excluding hydrogens is 356 g/mol. The van der Waals surface area contributed by atoms with Crippen LogP contribution < -0.4 is 0 Å². The van der Waals surface area contributed by atoms with Gasteiger partial charge in [0.15, 0.2) is 0 Å². The molecule has 4 rings (SSSR count). The first-order valence-electron chi connectivity index (χ1n) is 9.21.